The third-order valence-corrected chi connectivity index (χ3v) is 2.51. The fourth-order valence-corrected chi connectivity index (χ4v) is 1.91. The van der Waals surface area contributed by atoms with Crippen LogP contribution in [0.5, 0.6) is 0 Å². The Balaban J connectivity index is 2.58. The number of aromatic amines is 1. The number of nitrogens with one attached hydrogen (secondary N) is 1. The van der Waals surface area contributed by atoms with Crippen molar-refractivity contribution < 1.29 is 9.90 Å². The minimum atomic E-state index is -0.907. The molecule has 2 aromatic rings. The molecule has 1 aromatic carbocycles. The zero-order valence-electron chi connectivity index (χ0n) is 9.24. The minimum Gasteiger partial charge on any atom is -0.478 e. The van der Waals surface area contributed by atoms with Crippen LogP contribution in [0, 0.1) is 13.8 Å². The predicted octanol–water partition coefficient (Wildman–Crippen LogP) is 3.00. The molecule has 1 aromatic heterocycles. The van der Waals surface area contributed by atoms with E-state index in [0.717, 1.165) is 22.3 Å². The van der Waals surface area contributed by atoms with Gasteiger partial charge < -0.3 is 10.1 Å². The van der Waals surface area contributed by atoms with Crippen LogP contribution in [0.1, 0.15) is 21.5 Å². The van der Waals surface area contributed by atoms with Gasteiger partial charge >= 0.3 is 5.97 Å². The first-order valence-electron chi connectivity index (χ1n) is 5.06. The van der Waals surface area contributed by atoms with E-state index in [9.17, 15) is 4.79 Å². The zero-order chi connectivity index (χ0) is 11.7. The summed E-state index contributed by atoms with van der Waals surface area (Å²) in [6.45, 7) is 4.01. The fourth-order valence-electron chi connectivity index (χ4n) is 1.91. The van der Waals surface area contributed by atoms with Crippen molar-refractivity contribution in [3.8, 4) is 11.1 Å². The van der Waals surface area contributed by atoms with E-state index in [4.69, 9.17) is 5.11 Å². The van der Waals surface area contributed by atoms with Gasteiger partial charge in [-0.05, 0) is 19.4 Å². The van der Waals surface area contributed by atoms with E-state index in [2.05, 4.69) is 11.1 Å². The molecule has 0 radical (unpaired) electrons. The highest BCUT2D eigenvalue weighted by Crippen LogP contribution is 2.25. The summed E-state index contributed by atoms with van der Waals surface area (Å²) < 4.78 is 0. The molecular weight excluding hydrogens is 202 g/mol. The van der Waals surface area contributed by atoms with E-state index in [1.165, 1.54) is 6.20 Å². The normalized spacial score (nSPS) is 10.4. The summed E-state index contributed by atoms with van der Waals surface area (Å²) in [7, 11) is 0. The van der Waals surface area contributed by atoms with Crippen LogP contribution in [-0.4, -0.2) is 16.1 Å². The molecule has 0 amide bonds. The van der Waals surface area contributed by atoms with E-state index in [1.807, 2.05) is 26.0 Å². The fraction of sp³-hybridized carbons (Fsp3) is 0.154. The number of aromatic nitrogens is 1. The van der Waals surface area contributed by atoms with Crippen LogP contribution < -0.4 is 0 Å². The van der Waals surface area contributed by atoms with Crippen molar-refractivity contribution in [1.29, 1.82) is 0 Å². The standard InChI is InChI=1S/C13H13NO2/c1-8-3-9(2)5-10(4-8)11-6-14-7-12(11)13(15)16/h3-7,14H,1-2H3,(H,15,16). The first kappa shape index (κ1) is 10.5. The SMILES string of the molecule is Cc1cc(C)cc(-c2c[nH]cc2C(=O)O)c1. The van der Waals surface area contributed by atoms with Gasteiger partial charge in [-0.3, -0.25) is 0 Å². The van der Waals surface area contributed by atoms with E-state index in [0.29, 0.717) is 5.56 Å². The maximum atomic E-state index is 11.0. The number of hydrogen-bond donors (Lipinski definition) is 2. The highest BCUT2D eigenvalue weighted by atomic mass is 16.4. The van der Waals surface area contributed by atoms with Gasteiger partial charge in [0.1, 0.15) is 0 Å². The third kappa shape index (κ3) is 1.84. The minimum absolute atomic E-state index is 0.310. The lowest BCUT2D eigenvalue weighted by Gasteiger charge is -2.04. The number of carbonyl (C=O) groups is 1. The monoisotopic (exact) mass is 215 g/mol. The zero-order valence-corrected chi connectivity index (χ0v) is 9.24. The van der Waals surface area contributed by atoms with Crippen molar-refractivity contribution >= 4 is 5.97 Å². The molecule has 1 heterocycles. The molecule has 2 rings (SSSR count). The van der Waals surface area contributed by atoms with Crippen molar-refractivity contribution in [2.45, 2.75) is 13.8 Å². The van der Waals surface area contributed by atoms with Crippen molar-refractivity contribution in [2.24, 2.45) is 0 Å². The number of aromatic carboxylic acids is 1. The number of H-pyrrole nitrogens is 1. The maximum Gasteiger partial charge on any atom is 0.337 e. The van der Waals surface area contributed by atoms with Gasteiger partial charge in [0.15, 0.2) is 0 Å². The topological polar surface area (TPSA) is 53.1 Å². The molecule has 16 heavy (non-hydrogen) atoms. The maximum absolute atomic E-state index is 11.0. The summed E-state index contributed by atoms with van der Waals surface area (Å²) in [4.78, 5) is 13.8. The molecule has 0 unspecified atom stereocenters. The molecule has 3 heteroatoms. The molecule has 0 saturated heterocycles. The van der Waals surface area contributed by atoms with Gasteiger partial charge in [-0.2, -0.15) is 0 Å². The molecule has 0 fully saturated rings. The molecule has 0 aliphatic carbocycles. The van der Waals surface area contributed by atoms with E-state index in [1.54, 1.807) is 6.20 Å². The Morgan fingerprint density at radius 2 is 1.75 bits per heavy atom. The quantitative estimate of drug-likeness (QED) is 0.809. The van der Waals surface area contributed by atoms with Gasteiger partial charge in [0.25, 0.3) is 0 Å². The summed E-state index contributed by atoms with van der Waals surface area (Å²) in [5.74, 6) is -0.907. The number of benzene rings is 1. The second kappa shape index (κ2) is 3.85. The number of carboxylic acid groups (broad SMARTS) is 1. The Hall–Kier alpha value is -2.03. The summed E-state index contributed by atoms with van der Waals surface area (Å²) >= 11 is 0. The summed E-state index contributed by atoms with van der Waals surface area (Å²) in [6.07, 6.45) is 3.23. The van der Waals surface area contributed by atoms with E-state index in [-0.39, 0.29) is 0 Å². The summed E-state index contributed by atoms with van der Waals surface area (Å²) in [5.41, 5.74) is 4.25. The van der Waals surface area contributed by atoms with Crippen molar-refractivity contribution in [3.05, 3.63) is 47.3 Å². The molecule has 0 aliphatic rings. The summed E-state index contributed by atoms with van der Waals surface area (Å²) in [6, 6.07) is 6.04. The number of aryl methyl sites for hydroxylation is 2. The molecule has 3 nitrogen and oxygen atoms in total. The highest BCUT2D eigenvalue weighted by molar-refractivity contribution is 5.95. The van der Waals surface area contributed by atoms with Crippen LogP contribution in [0.15, 0.2) is 30.6 Å². The van der Waals surface area contributed by atoms with Crippen molar-refractivity contribution in [3.63, 3.8) is 0 Å². The van der Waals surface area contributed by atoms with E-state index >= 15 is 0 Å². The first-order valence-corrected chi connectivity index (χ1v) is 5.06. The number of carboxylic acids is 1. The Morgan fingerprint density at radius 1 is 1.12 bits per heavy atom. The largest absolute Gasteiger partial charge is 0.478 e. The molecule has 0 aliphatic heterocycles. The van der Waals surface area contributed by atoms with Crippen molar-refractivity contribution in [1.82, 2.24) is 4.98 Å². The second-order valence-corrected chi connectivity index (χ2v) is 3.96. The van der Waals surface area contributed by atoms with Crippen LogP contribution in [0.2, 0.25) is 0 Å². The van der Waals surface area contributed by atoms with Gasteiger partial charge in [-0.15, -0.1) is 0 Å². The Bertz CT molecular complexity index is 520. The lowest BCUT2D eigenvalue weighted by Crippen LogP contribution is -1.96. The van der Waals surface area contributed by atoms with Gasteiger partial charge in [0.2, 0.25) is 0 Å². The van der Waals surface area contributed by atoms with Gasteiger partial charge in [0, 0.05) is 18.0 Å². The van der Waals surface area contributed by atoms with Gasteiger partial charge in [-0.1, -0.05) is 29.3 Å². The summed E-state index contributed by atoms with van der Waals surface area (Å²) in [5, 5.41) is 9.03. The molecule has 82 valence electrons. The van der Waals surface area contributed by atoms with Crippen molar-refractivity contribution in [2.75, 3.05) is 0 Å². The molecule has 0 saturated carbocycles. The van der Waals surface area contributed by atoms with Crippen LogP contribution in [0.4, 0.5) is 0 Å². The second-order valence-electron chi connectivity index (χ2n) is 3.96. The first-order chi connectivity index (χ1) is 7.58. The number of rotatable bonds is 2. The van der Waals surface area contributed by atoms with E-state index < -0.39 is 5.97 Å². The Labute approximate surface area is 93.7 Å². The third-order valence-electron chi connectivity index (χ3n) is 2.51. The smallest absolute Gasteiger partial charge is 0.337 e. The molecule has 0 spiro atoms. The van der Waals surface area contributed by atoms with Gasteiger partial charge in [-0.25, -0.2) is 4.79 Å². The Kier molecular flexibility index (Phi) is 2.52. The average molecular weight is 215 g/mol. The number of hydrogen-bond acceptors (Lipinski definition) is 1. The van der Waals surface area contributed by atoms with Gasteiger partial charge in [0.05, 0.1) is 5.56 Å². The molecule has 0 bridgehead atoms. The Morgan fingerprint density at radius 3 is 2.31 bits per heavy atom. The molecule has 2 N–H and O–H groups in total. The lowest BCUT2D eigenvalue weighted by molar-refractivity contribution is 0.0698. The average Bonchev–Trinajstić information content (AvgIpc) is 2.63. The predicted molar refractivity (Wildman–Crippen MR) is 62.7 cm³/mol. The van der Waals surface area contributed by atoms with Crippen LogP contribution in [-0.2, 0) is 0 Å². The lowest BCUT2D eigenvalue weighted by atomic mass is 10.0. The van der Waals surface area contributed by atoms with Crippen LogP contribution in [0.3, 0.4) is 0 Å². The highest BCUT2D eigenvalue weighted by Gasteiger charge is 2.12. The van der Waals surface area contributed by atoms with Crippen LogP contribution >= 0.6 is 0 Å². The molecular formula is C13H13NO2. The van der Waals surface area contributed by atoms with Crippen LogP contribution in [0.25, 0.3) is 11.1 Å². The molecule has 0 atom stereocenters.